The van der Waals surface area contributed by atoms with E-state index >= 15 is 0 Å². The van der Waals surface area contributed by atoms with Crippen LogP contribution in [0.5, 0.6) is 5.88 Å². The number of carbonyl (C=O) groups excluding carboxylic acids is 1. The number of rotatable bonds is 4. The van der Waals surface area contributed by atoms with Gasteiger partial charge in [-0.15, -0.1) is 0 Å². The number of pyridine rings is 2. The number of hydrogen-bond acceptors (Lipinski definition) is 6. The molecular weight excluding hydrogens is 366 g/mol. The van der Waals surface area contributed by atoms with Gasteiger partial charge in [-0.25, -0.2) is 9.97 Å². The molecule has 0 radical (unpaired) electrons. The van der Waals surface area contributed by atoms with Crippen molar-refractivity contribution in [1.82, 2.24) is 14.9 Å². The second kappa shape index (κ2) is 8.08. The Morgan fingerprint density at radius 1 is 1.24 bits per heavy atom. The van der Waals surface area contributed by atoms with E-state index in [2.05, 4.69) is 20.9 Å². The van der Waals surface area contributed by atoms with Crippen molar-refractivity contribution < 1.29 is 9.53 Å². The standard InChI is InChI=1S/C22H25N5O2/c1-15(2)29-21-18(4-3-8-25-21)22(28)26-10-6-17-7-11-27(19(17)14-26)20-12-16(13-23)5-9-24-20/h3-5,8-9,12,15,17,19H,6-7,10-11,14H2,1-2H3/t17-,19-/m0/s1. The van der Waals surface area contributed by atoms with Crippen LogP contribution in [0.1, 0.15) is 42.6 Å². The summed E-state index contributed by atoms with van der Waals surface area (Å²) in [5.74, 6) is 1.70. The van der Waals surface area contributed by atoms with Crippen LogP contribution in [0, 0.1) is 17.2 Å². The van der Waals surface area contributed by atoms with Crippen LogP contribution in [0.2, 0.25) is 0 Å². The van der Waals surface area contributed by atoms with Gasteiger partial charge >= 0.3 is 0 Å². The molecule has 29 heavy (non-hydrogen) atoms. The van der Waals surface area contributed by atoms with Gasteiger partial charge in [0.05, 0.1) is 23.8 Å². The number of anilines is 1. The van der Waals surface area contributed by atoms with Crippen LogP contribution in [0.4, 0.5) is 5.82 Å². The number of fused-ring (bicyclic) bond motifs is 1. The van der Waals surface area contributed by atoms with Gasteiger partial charge in [0.25, 0.3) is 5.91 Å². The fraction of sp³-hybridized carbons (Fsp3) is 0.455. The van der Waals surface area contributed by atoms with E-state index in [1.807, 2.05) is 24.8 Å². The Kier molecular flexibility index (Phi) is 5.34. The van der Waals surface area contributed by atoms with E-state index in [1.165, 1.54) is 0 Å². The molecule has 2 aromatic heterocycles. The summed E-state index contributed by atoms with van der Waals surface area (Å²) in [6, 6.07) is 9.49. The highest BCUT2D eigenvalue weighted by Crippen LogP contribution is 2.35. The van der Waals surface area contributed by atoms with Crippen LogP contribution >= 0.6 is 0 Å². The van der Waals surface area contributed by atoms with Gasteiger partial charge < -0.3 is 14.5 Å². The highest BCUT2D eigenvalue weighted by molar-refractivity contribution is 5.96. The minimum absolute atomic E-state index is 0.0437. The lowest BCUT2D eigenvalue weighted by molar-refractivity contribution is 0.0671. The van der Waals surface area contributed by atoms with Crippen molar-refractivity contribution in [2.24, 2.45) is 5.92 Å². The Morgan fingerprint density at radius 3 is 2.86 bits per heavy atom. The van der Waals surface area contributed by atoms with E-state index in [4.69, 9.17) is 4.74 Å². The fourth-order valence-electron chi connectivity index (χ4n) is 4.30. The first-order valence-electron chi connectivity index (χ1n) is 10.1. The monoisotopic (exact) mass is 391 g/mol. The van der Waals surface area contributed by atoms with Gasteiger partial charge in [0, 0.05) is 32.0 Å². The van der Waals surface area contributed by atoms with Crippen molar-refractivity contribution in [2.75, 3.05) is 24.5 Å². The summed E-state index contributed by atoms with van der Waals surface area (Å²) in [5, 5.41) is 9.20. The van der Waals surface area contributed by atoms with Crippen molar-refractivity contribution >= 4 is 11.7 Å². The topological polar surface area (TPSA) is 82.4 Å². The number of piperidine rings is 1. The molecule has 2 aliphatic heterocycles. The molecule has 0 unspecified atom stereocenters. The molecule has 2 saturated heterocycles. The largest absolute Gasteiger partial charge is 0.474 e. The smallest absolute Gasteiger partial charge is 0.259 e. The van der Waals surface area contributed by atoms with Gasteiger partial charge in [0.1, 0.15) is 11.4 Å². The average Bonchev–Trinajstić information content (AvgIpc) is 3.16. The maximum absolute atomic E-state index is 13.3. The molecule has 2 aromatic rings. The lowest BCUT2D eigenvalue weighted by atomic mass is 9.91. The summed E-state index contributed by atoms with van der Waals surface area (Å²) in [6.07, 6.45) is 5.32. The third-order valence-corrected chi connectivity index (χ3v) is 5.67. The summed E-state index contributed by atoms with van der Waals surface area (Å²) in [7, 11) is 0. The second-order valence-corrected chi connectivity index (χ2v) is 7.89. The summed E-state index contributed by atoms with van der Waals surface area (Å²) in [4.78, 5) is 26.2. The van der Waals surface area contributed by atoms with Gasteiger partial charge in [-0.1, -0.05) is 0 Å². The lowest BCUT2D eigenvalue weighted by Crippen LogP contribution is -2.50. The first-order chi connectivity index (χ1) is 14.1. The van der Waals surface area contributed by atoms with Crippen LogP contribution in [0.25, 0.3) is 0 Å². The maximum Gasteiger partial charge on any atom is 0.259 e. The number of nitrogens with zero attached hydrogens (tertiary/aromatic N) is 5. The van der Waals surface area contributed by atoms with Crippen LogP contribution in [-0.4, -0.2) is 52.6 Å². The summed E-state index contributed by atoms with van der Waals surface area (Å²) < 4.78 is 5.75. The molecule has 2 aliphatic rings. The zero-order valence-corrected chi connectivity index (χ0v) is 16.8. The third-order valence-electron chi connectivity index (χ3n) is 5.67. The minimum atomic E-state index is -0.0500. The Labute approximate surface area is 170 Å². The molecule has 4 heterocycles. The molecule has 2 fully saturated rings. The zero-order chi connectivity index (χ0) is 20.4. The van der Waals surface area contributed by atoms with Gasteiger partial charge in [-0.05, 0) is 56.9 Å². The first kappa shape index (κ1) is 19.2. The van der Waals surface area contributed by atoms with Gasteiger partial charge in [0.2, 0.25) is 5.88 Å². The van der Waals surface area contributed by atoms with Crippen molar-refractivity contribution in [3.8, 4) is 11.9 Å². The lowest BCUT2D eigenvalue weighted by Gasteiger charge is -2.39. The molecule has 7 nitrogen and oxygen atoms in total. The van der Waals surface area contributed by atoms with E-state index in [0.29, 0.717) is 29.5 Å². The predicted molar refractivity (Wildman–Crippen MR) is 109 cm³/mol. The van der Waals surface area contributed by atoms with E-state index in [9.17, 15) is 10.1 Å². The van der Waals surface area contributed by atoms with Crippen LogP contribution in [-0.2, 0) is 0 Å². The normalized spacial score (nSPS) is 21.0. The molecule has 0 aromatic carbocycles. The molecule has 2 atom stereocenters. The van der Waals surface area contributed by atoms with E-state index in [0.717, 1.165) is 31.7 Å². The van der Waals surface area contributed by atoms with Crippen LogP contribution in [0.3, 0.4) is 0 Å². The Hall–Kier alpha value is -3.14. The Morgan fingerprint density at radius 2 is 2.07 bits per heavy atom. The minimum Gasteiger partial charge on any atom is -0.474 e. The maximum atomic E-state index is 13.3. The third kappa shape index (κ3) is 3.88. The fourth-order valence-corrected chi connectivity index (χ4v) is 4.30. The van der Waals surface area contributed by atoms with Gasteiger partial charge in [-0.2, -0.15) is 5.26 Å². The molecule has 0 N–H and O–H groups in total. The van der Waals surface area contributed by atoms with Gasteiger partial charge in [0.15, 0.2) is 0 Å². The molecule has 0 aliphatic carbocycles. The average molecular weight is 391 g/mol. The number of amides is 1. The SMILES string of the molecule is CC(C)Oc1ncccc1C(=O)N1CC[C@H]2CCN(c3cc(C#N)ccn3)[C@H]2C1. The second-order valence-electron chi connectivity index (χ2n) is 7.89. The predicted octanol–water partition coefficient (Wildman–Crippen LogP) is 2.88. The van der Waals surface area contributed by atoms with Crippen molar-refractivity contribution in [3.63, 3.8) is 0 Å². The molecular formula is C22H25N5O2. The molecule has 7 heteroatoms. The molecule has 0 bridgehead atoms. The number of carbonyl (C=O) groups is 1. The Balaban J connectivity index is 1.55. The number of aromatic nitrogens is 2. The first-order valence-corrected chi connectivity index (χ1v) is 10.1. The highest BCUT2D eigenvalue weighted by Gasteiger charge is 2.40. The summed E-state index contributed by atoms with van der Waals surface area (Å²) in [6.45, 7) is 6.11. The number of ether oxygens (including phenoxy) is 1. The molecule has 0 saturated carbocycles. The number of likely N-dealkylation sites (tertiary alicyclic amines) is 1. The summed E-state index contributed by atoms with van der Waals surface area (Å²) in [5.41, 5.74) is 1.11. The number of hydrogen-bond donors (Lipinski definition) is 0. The molecule has 150 valence electrons. The summed E-state index contributed by atoms with van der Waals surface area (Å²) >= 11 is 0. The van der Waals surface area contributed by atoms with Crippen molar-refractivity contribution in [1.29, 1.82) is 5.26 Å². The van der Waals surface area contributed by atoms with E-state index < -0.39 is 0 Å². The van der Waals surface area contributed by atoms with E-state index in [1.54, 1.807) is 30.6 Å². The quantitative estimate of drug-likeness (QED) is 0.797. The molecule has 0 spiro atoms. The van der Waals surface area contributed by atoms with E-state index in [-0.39, 0.29) is 18.1 Å². The van der Waals surface area contributed by atoms with Crippen LogP contribution < -0.4 is 9.64 Å². The highest BCUT2D eigenvalue weighted by atomic mass is 16.5. The zero-order valence-electron chi connectivity index (χ0n) is 16.8. The number of nitriles is 1. The molecule has 1 amide bonds. The van der Waals surface area contributed by atoms with Crippen molar-refractivity contribution in [3.05, 3.63) is 47.8 Å². The molecule has 4 rings (SSSR count). The van der Waals surface area contributed by atoms with Gasteiger partial charge in [-0.3, -0.25) is 4.79 Å². The van der Waals surface area contributed by atoms with Crippen molar-refractivity contribution in [2.45, 2.75) is 38.8 Å². The van der Waals surface area contributed by atoms with Crippen LogP contribution in [0.15, 0.2) is 36.7 Å². The Bertz CT molecular complexity index is 939.